The minimum absolute atomic E-state index is 0.120. The molecule has 1 aliphatic heterocycles. The highest BCUT2D eigenvalue weighted by Gasteiger charge is 2.26. The lowest BCUT2D eigenvalue weighted by atomic mass is 10.1. The van der Waals surface area contributed by atoms with Crippen molar-refractivity contribution in [2.45, 2.75) is 19.3 Å². The van der Waals surface area contributed by atoms with Crippen LogP contribution in [0.4, 0.5) is 11.4 Å². The third-order valence-electron chi connectivity index (χ3n) is 4.18. The summed E-state index contributed by atoms with van der Waals surface area (Å²) in [5, 5.41) is 2.83. The summed E-state index contributed by atoms with van der Waals surface area (Å²) in [6, 6.07) is 14.9. The summed E-state index contributed by atoms with van der Waals surface area (Å²) in [7, 11) is -3.30. The van der Waals surface area contributed by atoms with E-state index >= 15 is 0 Å². The van der Waals surface area contributed by atoms with Crippen molar-refractivity contribution in [3.8, 4) is 5.75 Å². The number of benzene rings is 2. The Bertz CT molecular complexity index is 882. The Morgan fingerprint density at radius 2 is 1.96 bits per heavy atom. The fraction of sp³-hybridized carbons (Fsp3) is 0.316. The molecular weight excluding hydrogens is 352 g/mol. The Balaban J connectivity index is 1.52. The third kappa shape index (κ3) is 4.54. The molecule has 0 spiro atoms. The number of sulfonamides is 1. The molecule has 26 heavy (non-hydrogen) atoms. The maximum Gasteiger partial charge on any atom is 0.232 e. The molecule has 1 heterocycles. The predicted octanol–water partition coefficient (Wildman–Crippen LogP) is 2.81. The van der Waals surface area contributed by atoms with Gasteiger partial charge in [0.1, 0.15) is 5.75 Å². The molecule has 2 aromatic rings. The van der Waals surface area contributed by atoms with Gasteiger partial charge in [0, 0.05) is 18.7 Å². The molecule has 0 aliphatic carbocycles. The van der Waals surface area contributed by atoms with Gasteiger partial charge >= 0.3 is 0 Å². The Morgan fingerprint density at radius 1 is 1.19 bits per heavy atom. The van der Waals surface area contributed by atoms with Crippen LogP contribution in [-0.2, 0) is 21.2 Å². The third-order valence-corrected chi connectivity index (χ3v) is 5.36. The summed E-state index contributed by atoms with van der Waals surface area (Å²) in [6.45, 7) is 0.909. The molecule has 0 aromatic heterocycles. The number of hydrogen-bond donors (Lipinski definition) is 1. The van der Waals surface area contributed by atoms with Gasteiger partial charge in [-0.3, -0.25) is 9.10 Å². The largest absolute Gasteiger partial charge is 0.494 e. The van der Waals surface area contributed by atoms with Crippen LogP contribution in [0.3, 0.4) is 0 Å². The van der Waals surface area contributed by atoms with Crippen molar-refractivity contribution in [1.82, 2.24) is 0 Å². The van der Waals surface area contributed by atoms with Gasteiger partial charge in [0.05, 0.1) is 18.6 Å². The SMILES string of the molecule is CS(=O)(=O)N1CCc2ccc(NC(=O)CCCOc3ccccc3)cc21. The smallest absolute Gasteiger partial charge is 0.232 e. The number of hydrogen-bond acceptors (Lipinski definition) is 4. The molecule has 6 nitrogen and oxygen atoms in total. The standard InChI is InChI=1S/C19H22N2O4S/c1-26(23,24)21-12-11-15-9-10-16(14-18(15)21)20-19(22)8-5-13-25-17-6-3-2-4-7-17/h2-4,6-7,9-10,14H,5,8,11-13H2,1H3,(H,20,22). The average molecular weight is 374 g/mol. The number of rotatable bonds is 7. The number of nitrogens with zero attached hydrogens (tertiary/aromatic N) is 1. The van der Waals surface area contributed by atoms with Crippen LogP contribution in [0.1, 0.15) is 18.4 Å². The fourth-order valence-corrected chi connectivity index (χ4v) is 3.89. The van der Waals surface area contributed by atoms with Crippen LogP contribution < -0.4 is 14.4 Å². The highest BCUT2D eigenvalue weighted by Crippen LogP contribution is 2.32. The summed E-state index contributed by atoms with van der Waals surface area (Å²) >= 11 is 0. The molecule has 2 aromatic carbocycles. The zero-order chi connectivity index (χ0) is 18.6. The molecular formula is C19H22N2O4S. The number of amides is 1. The molecule has 0 fully saturated rings. The van der Waals surface area contributed by atoms with Gasteiger partial charge in [-0.2, -0.15) is 0 Å². The van der Waals surface area contributed by atoms with E-state index in [9.17, 15) is 13.2 Å². The summed E-state index contributed by atoms with van der Waals surface area (Å²) in [5.74, 6) is 0.665. The van der Waals surface area contributed by atoms with E-state index in [0.29, 0.717) is 43.8 Å². The van der Waals surface area contributed by atoms with Crippen LogP contribution in [0.2, 0.25) is 0 Å². The minimum atomic E-state index is -3.30. The van der Waals surface area contributed by atoms with E-state index in [1.807, 2.05) is 42.5 Å². The molecule has 1 aliphatic rings. The number of anilines is 2. The van der Waals surface area contributed by atoms with Crippen molar-refractivity contribution in [3.63, 3.8) is 0 Å². The summed E-state index contributed by atoms with van der Waals surface area (Å²) in [4.78, 5) is 12.1. The molecule has 0 atom stereocenters. The number of nitrogens with one attached hydrogen (secondary N) is 1. The zero-order valence-corrected chi connectivity index (χ0v) is 15.5. The maximum atomic E-state index is 12.1. The van der Waals surface area contributed by atoms with Crippen molar-refractivity contribution < 1.29 is 17.9 Å². The van der Waals surface area contributed by atoms with E-state index in [1.165, 1.54) is 10.6 Å². The Morgan fingerprint density at radius 3 is 2.69 bits per heavy atom. The van der Waals surface area contributed by atoms with E-state index in [2.05, 4.69) is 5.32 Å². The second-order valence-corrected chi connectivity index (χ2v) is 8.15. The van der Waals surface area contributed by atoms with Gasteiger partial charge < -0.3 is 10.1 Å². The molecule has 0 saturated heterocycles. The zero-order valence-electron chi connectivity index (χ0n) is 14.6. The molecule has 7 heteroatoms. The van der Waals surface area contributed by atoms with Gasteiger partial charge in [-0.15, -0.1) is 0 Å². The van der Waals surface area contributed by atoms with Crippen molar-refractivity contribution in [2.24, 2.45) is 0 Å². The predicted molar refractivity (Wildman–Crippen MR) is 102 cm³/mol. The minimum Gasteiger partial charge on any atom is -0.494 e. The van der Waals surface area contributed by atoms with Crippen LogP contribution in [0.5, 0.6) is 5.75 Å². The van der Waals surface area contributed by atoms with E-state index < -0.39 is 10.0 Å². The summed E-state index contributed by atoms with van der Waals surface area (Å²) < 4.78 is 30.6. The number of para-hydroxylation sites is 1. The lowest BCUT2D eigenvalue weighted by molar-refractivity contribution is -0.116. The number of carbonyl (C=O) groups is 1. The first-order valence-electron chi connectivity index (χ1n) is 8.52. The van der Waals surface area contributed by atoms with E-state index in [1.54, 1.807) is 6.07 Å². The van der Waals surface area contributed by atoms with Crippen LogP contribution >= 0.6 is 0 Å². The molecule has 3 rings (SSSR count). The average Bonchev–Trinajstić information content (AvgIpc) is 3.03. The highest BCUT2D eigenvalue weighted by atomic mass is 32.2. The van der Waals surface area contributed by atoms with Crippen molar-refractivity contribution in [1.29, 1.82) is 0 Å². The first kappa shape index (κ1) is 18.3. The van der Waals surface area contributed by atoms with Crippen LogP contribution in [0, 0.1) is 0 Å². The van der Waals surface area contributed by atoms with Crippen LogP contribution in [0.15, 0.2) is 48.5 Å². The number of fused-ring (bicyclic) bond motifs is 1. The first-order valence-corrected chi connectivity index (χ1v) is 10.4. The van der Waals surface area contributed by atoms with Crippen LogP contribution in [0.25, 0.3) is 0 Å². The van der Waals surface area contributed by atoms with Gasteiger partial charge in [0.25, 0.3) is 0 Å². The molecule has 0 radical (unpaired) electrons. The highest BCUT2D eigenvalue weighted by molar-refractivity contribution is 7.92. The first-order chi connectivity index (χ1) is 12.4. The molecule has 0 saturated carbocycles. The normalized spacial score (nSPS) is 13.3. The van der Waals surface area contributed by atoms with Gasteiger partial charge in [0.2, 0.25) is 15.9 Å². The fourth-order valence-electron chi connectivity index (χ4n) is 2.94. The van der Waals surface area contributed by atoms with E-state index in [4.69, 9.17) is 4.74 Å². The van der Waals surface area contributed by atoms with Crippen LogP contribution in [-0.4, -0.2) is 33.7 Å². The second-order valence-electron chi connectivity index (χ2n) is 6.24. The Labute approximate surface area is 153 Å². The van der Waals surface area contributed by atoms with Crippen molar-refractivity contribution >= 4 is 27.3 Å². The molecule has 1 amide bonds. The van der Waals surface area contributed by atoms with Gasteiger partial charge in [-0.25, -0.2) is 8.42 Å². The van der Waals surface area contributed by atoms with E-state index in [-0.39, 0.29) is 5.91 Å². The topological polar surface area (TPSA) is 75.7 Å². The lowest BCUT2D eigenvalue weighted by Crippen LogP contribution is -2.27. The monoisotopic (exact) mass is 374 g/mol. The van der Waals surface area contributed by atoms with Gasteiger partial charge in [0.15, 0.2) is 0 Å². The Hall–Kier alpha value is -2.54. The quantitative estimate of drug-likeness (QED) is 0.756. The van der Waals surface area contributed by atoms with Gasteiger partial charge in [-0.05, 0) is 42.7 Å². The number of carbonyl (C=O) groups excluding carboxylic acids is 1. The number of ether oxygens (including phenoxy) is 1. The Kier molecular flexibility index (Phi) is 5.46. The second kappa shape index (κ2) is 7.78. The lowest BCUT2D eigenvalue weighted by Gasteiger charge is -2.17. The van der Waals surface area contributed by atoms with Crippen molar-refractivity contribution in [3.05, 3.63) is 54.1 Å². The molecule has 1 N–H and O–H groups in total. The van der Waals surface area contributed by atoms with Gasteiger partial charge in [-0.1, -0.05) is 24.3 Å². The maximum absolute atomic E-state index is 12.1. The molecule has 0 unspecified atom stereocenters. The summed E-state index contributed by atoms with van der Waals surface area (Å²) in [5.41, 5.74) is 2.23. The van der Waals surface area contributed by atoms with Crippen molar-refractivity contribution in [2.75, 3.05) is 29.0 Å². The summed E-state index contributed by atoms with van der Waals surface area (Å²) in [6.07, 6.45) is 2.81. The molecule has 0 bridgehead atoms. The van der Waals surface area contributed by atoms with E-state index in [0.717, 1.165) is 11.3 Å². The molecule has 138 valence electrons.